The first-order valence-corrected chi connectivity index (χ1v) is 7.98. The zero-order valence-electron chi connectivity index (χ0n) is 12.3. The molecule has 1 N–H and O–H groups in total. The van der Waals surface area contributed by atoms with Crippen LogP contribution in [0.5, 0.6) is 0 Å². The Morgan fingerprint density at radius 1 is 1.21 bits per heavy atom. The van der Waals surface area contributed by atoms with E-state index in [0.29, 0.717) is 0 Å². The van der Waals surface area contributed by atoms with Crippen molar-refractivity contribution in [2.75, 3.05) is 13.1 Å². The lowest BCUT2D eigenvalue weighted by Crippen LogP contribution is -2.35. The average molecular weight is 325 g/mol. The van der Waals surface area contributed by atoms with Gasteiger partial charge in [0.1, 0.15) is 0 Å². The van der Waals surface area contributed by atoms with Crippen molar-refractivity contribution < 1.29 is 0 Å². The first-order valence-electron chi connectivity index (χ1n) is 7.19. The Kier molecular flexibility index (Phi) is 5.04. The average Bonchev–Trinajstić information content (AvgIpc) is 2.81. The van der Waals surface area contributed by atoms with E-state index < -0.39 is 0 Å². The van der Waals surface area contributed by atoms with Crippen LogP contribution in [0, 0.1) is 0 Å². The second-order valence-electron chi connectivity index (χ2n) is 6.51. The number of nitrogens with zero attached hydrogens (tertiary/aromatic N) is 1. The standard InChI is InChI=1S/C16H25BrN2/c1-16(2,3)18-11-13-6-7-14(15(17)10-13)12-19-8-4-5-9-19/h6-7,10,18H,4-5,8-9,11-12H2,1-3H3. The van der Waals surface area contributed by atoms with Gasteiger partial charge in [-0.05, 0) is 63.9 Å². The third-order valence-electron chi connectivity index (χ3n) is 3.53. The van der Waals surface area contributed by atoms with Gasteiger partial charge in [0, 0.05) is 23.1 Å². The molecular weight excluding hydrogens is 300 g/mol. The van der Waals surface area contributed by atoms with E-state index in [1.807, 2.05) is 0 Å². The number of hydrogen-bond acceptors (Lipinski definition) is 2. The summed E-state index contributed by atoms with van der Waals surface area (Å²) in [7, 11) is 0. The van der Waals surface area contributed by atoms with Crippen molar-refractivity contribution in [1.29, 1.82) is 0 Å². The second-order valence-corrected chi connectivity index (χ2v) is 7.37. The van der Waals surface area contributed by atoms with E-state index in [9.17, 15) is 0 Å². The molecule has 1 aromatic rings. The summed E-state index contributed by atoms with van der Waals surface area (Å²) in [6, 6.07) is 6.77. The van der Waals surface area contributed by atoms with Gasteiger partial charge in [0.05, 0.1) is 0 Å². The van der Waals surface area contributed by atoms with Crippen molar-refractivity contribution in [3.8, 4) is 0 Å². The number of likely N-dealkylation sites (tertiary alicyclic amines) is 1. The van der Waals surface area contributed by atoms with Crippen molar-refractivity contribution in [2.45, 2.75) is 52.2 Å². The molecule has 3 heteroatoms. The van der Waals surface area contributed by atoms with Crippen LogP contribution in [-0.2, 0) is 13.1 Å². The molecular formula is C16H25BrN2. The minimum Gasteiger partial charge on any atom is -0.308 e. The molecule has 0 bridgehead atoms. The molecule has 2 rings (SSSR count). The summed E-state index contributed by atoms with van der Waals surface area (Å²) < 4.78 is 1.24. The fourth-order valence-electron chi connectivity index (χ4n) is 2.38. The SMILES string of the molecule is CC(C)(C)NCc1ccc(CN2CCCC2)c(Br)c1. The maximum Gasteiger partial charge on any atom is 0.0244 e. The topological polar surface area (TPSA) is 15.3 Å². The Morgan fingerprint density at radius 3 is 2.47 bits per heavy atom. The molecule has 1 aliphatic rings. The Bertz CT molecular complexity index is 417. The number of nitrogens with one attached hydrogen (secondary N) is 1. The van der Waals surface area contributed by atoms with E-state index in [0.717, 1.165) is 13.1 Å². The summed E-state index contributed by atoms with van der Waals surface area (Å²) in [6.07, 6.45) is 2.70. The highest BCUT2D eigenvalue weighted by Crippen LogP contribution is 2.22. The number of benzene rings is 1. The van der Waals surface area contributed by atoms with Gasteiger partial charge in [-0.2, -0.15) is 0 Å². The molecule has 1 fully saturated rings. The van der Waals surface area contributed by atoms with Crippen LogP contribution in [0.15, 0.2) is 22.7 Å². The van der Waals surface area contributed by atoms with Gasteiger partial charge < -0.3 is 5.32 Å². The molecule has 1 saturated heterocycles. The van der Waals surface area contributed by atoms with Gasteiger partial charge in [-0.1, -0.05) is 28.1 Å². The summed E-state index contributed by atoms with van der Waals surface area (Å²) in [6.45, 7) is 11.1. The Hall–Kier alpha value is -0.380. The van der Waals surface area contributed by atoms with Crippen molar-refractivity contribution in [2.24, 2.45) is 0 Å². The van der Waals surface area contributed by atoms with Crippen LogP contribution in [0.4, 0.5) is 0 Å². The molecule has 2 nitrogen and oxygen atoms in total. The molecule has 0 amide bonds. The van der Waals surface area contributed by atoms with E-state index in [4.69, 9.17) is 0 Å². The summed E-state index contributed by atoms with van der Waals surface area (Å²) in [5.74, 6) is 0. The van der Waals surface area contributed by atoms with Gasteiger partial charge in [0.2, 0.25) is 0 Å². The van der Waals surface area contributed by atoms with Crippen LogP contribution in [-0.4, -0.2) is 23.5 Å². The lowest BCUT2D eigenvalue weighted by molar-refractivity contribution is 0.330. The molecule has 1 heterocycles. The quantitative estimate of drug-likeness (QED) is 0.902. The van der Waals surface area contributed by atoms with Gasteiger partial charge in [0.15, 0.2) is 0 Å². The lowest BCUT2D eigenvalue weighted by Gasteiger charge is -2.21. The fraction of sp³-hybridized carbons (Fsp3) is 0.625. The third-order valence-corrected chi connectivity index (χ3v) is 4.27. The molecule has 0 aliphatic carbocycles. The Labute approximate surface area is 125 Å². The highest BCUT2D eigenvalue weighted by atomic mass is 79.9. The van der Waals surface area contributed by atoms with Crippen molar-refractivity contribution in [1.82, 2.24) is 10.2 Å². The van der Waals surface area contributed by atoms with Crippen LogP contribution in [0.3, 0.4) is 0 Å². The van der Waals surface area contributed by atoms with E-state index in [1.165, 1.54) is 41.5 Å². The highest BCUT2D eigenvalue weighted by Gasteiger charge is 2.14. The predicted molar refractivity (Wildman–Crippen MR) is 85.2 cm³/mol. The normalized spacial score (nSPS) is 17.1. The minimum absolute atomic E-state index is 0.167. The molecule has 0 aromatic heterocycles. The zero-order chi connectivity index (χ0) is 13.9. The number of rotatable bonds is 4. The van der Waals surface area contributed by atoms with Gasteiger partial charge in [-0.15, -0.1) is 0 Å². The summed E-state index contributed by atoms with van der Waals surface area (Å²) in [4.78, 5) is 2.53. The molecule has 1 aliphatic heterocycles. The van der Waals surface area contributed by atoms with Crippen molar-refractivity contribution in [3.05, 3.63) is 33.8 Å². The molecule has 0 unspecified atom stereocenters. The third kappa shape index (κ3) is 4.90. The van der Waals surface area contributed by atoms with Crippen LogP contribution in [0.1, 0.15) is 44.7 Å². The maximum atomic E-state index is 3.72. The van der Waals surface area contributed by atoms with Gasteiger partial charge in [0.25, 0.3) is 0 Å². The molecule has 0 radical (unpaired) electrons. The van der Waals surface area contributed by atoms with Gasteiger partial charge >= 0.3 is 0 Å². The van der Waals surface area contributed by atoms with Crippen molar-refractivity contribution >= 4 is 15.9 Å². The molecule has 0 saturated carbocycles. The van der Waals surface area contributed by atoms with E-state index in [2.05, 4.69) is 65.1 Å². The largest absolute Gasteiger partial charge is 0.308 e. The zero-order valence-corrected chi connectivity index (χ0v) is 13.9. The molecule has 0 spiro atoms. The monoisotopic (exact) mass is 324 g/mol. The molecule has 0 atom stereocenters. The summed E-state index contributed by atoms with van der Waals surface area (Å²) in [5, 5.41) is 3.53. The maximum absolute atomic E-state index is 3.72. The number of halogens is 1. The second kappa shape index (κ2) is 6.38. The summed E-state index contributed by atoms with van der Waals surface area (Å²) >= 11 is 3.72. The van der Waals surface area contributed by atoms with Gasteiger partial charge in [-0.25, -0.2) is 0 Å². The molecule has 106 valence electrons. The Balaban J connectivity index is 1.96. The number of hydrogen-bond donors (Lipinski definition) is 1. The molecule has 19 heavy (non-hydrogen) atoms. The first kappa shape index (κ1) is 15.0. The smallest absolute Gasteiger partial charge is 0.0244 e. The fourth-order valence-corrected chi connectivity index (χ4v) is 2.93. The van der Waals surface area contributed by atoms with E-state index in [-0.39, 0.29) is 5.54 Å². The van der Waals surface area contributed by atoms with E-state index in [1.54, 1.807) is 0 Å². The van der Waals surface area contributed by atoms with Crippen molar-refractivity contribution in [3.63, 3.8) is 0 Å². The predicted octanol–water partition coefficient (Wildman–Crippen LogP) is 3.93. The summed E-state index contributed by atoms with van der Waals surface area (Å²) in [5.41, 5.74) is 2.91. The Morgan fingerprint density at radius 2 is 1.89 bits per heavy atom. The van der Waals surface area contributed by atoms with Crippen LogP contribution in [0.2, 0.25) is 0 Å². The minimum atomic E-state index is 0.167. The molecule has 1 aromatic carbocycles. The lowest BCUT2D eigenvalue weighted by atomic mass is 10.1. The van der Waals surface area contributed by atoms with Crippen LogP contribution in [0.25, 0.3) is 0 Å². The van der Waals surface area contributed by atoms with Crippen LogP contribution < -0.4 is 5.32 Å². The highest BCUT2D eigenvalue weighted by molar-refractivity contribution is 9.10. The van der Waals surface area contributed by atoms with Crippen LogP contribution >= 0.6 is 15.9 Å². The van der Waals surface area contributed by atoms with Gasteiger partial charge in [-0.3, -0.25) is 4.90 Å². The first-order chi connectivity index (χ1) is 8.94. The van der Waals surface area contributed by atoms with E-state index >= 15 is 0 Å².